The van der Waals surface area contributed by atoms with Crippen molar-refractivity contribution in [3.05, 3.63) is 53.7 Å². The zero-order valence-electron chi connectivity index (χ0n) is 10.9. The lowest BCUT2D eigenvalue weighted by Gasteiger charge is -2.01. The van der Waals surface area contributed by atoms with Crippen LogP contribution in [0.4, 0.5) is 0 Å². The summed E-state index contributed by atoms with van der Waals surface area (Å²) in [5.41, 5.74) is 2.91. The third-order valence-corrected chi connectivity index (χ3v) is 3.69. The highest BCUT2D eigenvalue weighted by Gasteiger charge is 2.17. The molecule has 0 saturated heterocycles. The van der Waals surface area contributed by atoms with Crippen molar-refractivity contribution in [3.8, 4) is 0 Å². The molecule has 3 nitrogen and oxygen atoms in total. The second kappa shape index (κ2) is 4.76. The Kier molecular flexibility index (Phi) is 3.07. The summed E-state index contributed by atoms with van der Waals surface area (Å²) in [6.45, 7) is 1.53. The molecule has 0 radical (unpaired) electrons. The first-order chi connectivity index (χ1) is 9.63. The number of para-hydroxylation sites is 1. The molecular weight excluding hydrogens is 274 g/mol. The van der Waals surface area contributed by atoms with E-state index in [2.05, 4.69) is 0 Å². The molecule has 0 aliphatic heterocycles. The Morgan fingerprint density at radius 1 is 1.10 bits per heavy atom. The number of pyridine rings is 1. The van der Waals surface area contributed by atoms with Crippen LogP contribution in [0.1, 0.15) is 27.6 Å². The number of hydrogen-bond donors (Lipinski definition) is 0. The van der Waals surface area contributed by atoms with Gasteiger partial charge in [0.1, 0.15) is 0 Å². The van der Waals surface area contributed by atoms with Crippen LogP contribution in [0.5, 0.6) is 0 Å². The van der Waals surface area contributed by atoms with Gasteiger partial charge in [-0.25, -0.2) is 0 Å². The summed E-state index contributed by atoms with van der Waals surface area (Å²) in [7, 11) is 0. The van der Waals surface area contributed by atoms with Gasteiger partial charge in [-0.2, -0.15) is 0 Å². The van der Waals surface area contributed by atoms with Crippen LogP contribution in [0.25, 0.3) is 16.4 Å². The molecule has 0 N–H and O–H groups in total. The maximum Gasteiger partial charge on any atom is 0.180 e. The van der Waals surface area contributed by atoms with Crippen molar-refractivity contribution in [1.82, 2.24) is 4.40 Å². The summed E-state index contributed by atoms with van der Waals surface area (Å²) in [5, 5.41) is 0.860. The van der Waals surface area contributed by atoms with E-state index in [9.17, 15) is 9.59 Å². The van der Waals surface area contributed by atoms with E-state index >= 15 is 0 Å². The van der Waals surface area contributed by atoms with Gasteiger partial charge in [0.25, 0.3) is 0 Å². The molecule has 0 bridgehead atoms. The second-order valence-electron chi connectivity index (χ2n) is 4.68. The summed E-state index contributed by atoms with van der Waals surface area (Å²) in [4.78, 5) is 23.6. The van der Waals surface area contributed by atoms with E-state index in [1.807, 2.05) is 28.7 Å². The summed E-state index contributed by atoms with van der Waals surface area (Å²) in [6.07, 6.45) is 1.77. The van der Waals surface area contributed by atoms with Gasteiger partial charge in [0.15, 0.2) is 11.6 Å². The number of Topliss-reactive ketones (excluding diaryl/α,β-unsaturated/α-hetero) is 2. The molecule has 2 heterocycles. The zero-order chi connectivity index (χ0) is 14.3. The molecule has 0 aliphatic rings. The number of nitrogens with zero attached hydrogens (tertiary/aromatic N) is 1. The predicted octanol–water partition coefficient (Wildman–Crippen LogP) is 3.72. The van der Waals surface area contributed by atoms with Gasteiger partial charge in [-0.15, -0.1) is 11.6 Å². The van der Waals surface area contributed by atoms with E-state index in [1.54, 1.807) is 18.3 Å². The molecule has 0 saturated carbocycles. The molecule has 3 aromatic rings. The van der Waals surface area contributed by atoms with E-state index in [4.69, 9.17) is 11.6 Å². The highest BCUT2D eigenvalue weighted by atomic mass is 35.5. The average Bonchev–Trinajstić information content (AvgIpc) is 2.80. The molecule has 0 unspecified atom stereocenters. The molecule has 0 aliphatic carbocycles. The minimum atomic E-state index is -0.110. The number of halogens is 1. The first-order valence-electron chi connectivity index (χ1n) is 6.26. The number of fused-ring (bicyclic) bond motifs is 3. The molecule has 1 aromatic carbocycles. The largest absolute Gasteiger partial charge is 0.315 e. The Bertz CT molecular complexity index is 848. The van der Waals surface area contributed by atoms with E-state index in [0.717, 1.165) is 16.4 Å². The topological polar surface area (TPSA) is 38.5 Å². The van der Waals surface area contributed by atoms with Crippen LogP contribution in [0.2, 0.25) is 0 Å². The van der Waals surface area contributed by atoms with Gasteiger partial charge >= 0.3 is 0 Å². The average molecular weight is 286 g/mol. The fraction of sp³-hybridized carbons (Fsp3) is 0.125. The molecule has 0 fully saturated rings. The minimum Gasteiger partial charge on any atom is -0.315 e. The number of rotatable bonds is 3. The SMILES string of the molecule is CC(=O)c1ccc2c(C(=O)CCl)c3ccccc3n2c1. The van der Waals surface area contributed by atoms with Crippen molar-refractivity contribution < 1.29 is 9.59 Å². The number of ketones is 2. The van der Waals surface area contributed by atoms with Crippen LogP contribution in [-0.4, -0.2) is 21.8 Å². The lowest BCUT2D eigenvalue weighted by Crippen LogP contribution is -2.01. The van der Waals surface area contributed by atoms with Crippen LogP contribution < -0.4 is 0 Å². The summed E-state index contributed by atoms with van der Waals surface area (Å²) < 4.78 is 1.88. The molecule has 0 spiro atoms. The van der Waals surface area contributed by atoms with Gasteiger partial charge in [0.05, 0.1) is 22.5 Å². The van der Waals surface area contributed by atoms with Crippen molar-refractivity contribution in [1.29, 1.82) is 0 Å². The second-order valence-corrected chi connectivity index (χ2v) is 4.95. The maximum absolute atomic E-state index is 12.1. The van der Waals surface area contributed by atoms with Crippen LogP contribution >= 0.6 is 11.6 Å². The van der Waals surface area contributed by atoms with Gasteiger partial charge < -0.3 is 4.40 Å². The van der Waals surface area contributed by atoms with E-state index in [0.29, 0.717) is 11.1 Å². The molecule has 3 rings (SSSR count). The predicted molar refractivity (Wildman–Crippen MR) is 80.0 cm³/mol. The smallest absolute Gasteiger partial charge is 0.180 e. The number of aromatic nitrogens is 1. The molecule has 0 atom stereocenters. The highest BCUT2D eigenvalue weighted by Crippen LogP contribution is 2.27. The first kappa shape index (κ1) is 12.9. The lowest BCUT2D eigenvalue weighted by molar-refractivity contribution is 0.101. The normalized spacial score (nSPS) is 11.1. The summed E-state index contributed by atoms with van der Waals surface area (Å²) >= 11 is 5.71. The van der Waals surface area contributed by atoms with E-state index in [1.165, 1.54) is 6.92 Å². The third-order valence-electron chi connectivity index (χ3n) is 3.44. The molecule has 4 heteroatoms. The number of benzene rings is 1. The highest BCUT2D eigenvalue weighted by molar-refractivity contribution is 6.33. The minimum absolute atomic E-state index is 0.00472. The Balaban J connectivity index is 2.47. The number of carbonyl (C=O) groups is 2. The van der Waals surface area contributed by atoms with E-state index < -0.39 is 0 Å². The van der Waals surface area contributed by atoms with Gasteiger partial charge in [-0.05, 0) is 25.1 Å². The summed E-state index contributed by atoms with van der Waals surface area (Å²) in [6, 6.07) is 11.2. The van der Waals surface area contributed by atoms with Crippen molar-refractivity contribution in [2.75, 3.05) is 5.88 Å². The fourth-order valence-electron chi connectivity index (χ4n) is 2.50. The fourth-order valence-corrected chi connectivity index (χ4v) is 2.64. The van der Waals surface area contributed by atoms with Gasteiger partial charge in [0, 0.05) is 17.1 Å². The van der Waals surface area contributed by atoms with Crippen molar-refractivity contribution in [2.24, 2.45) is 0 Å². The van der Waals surface area contributed by atoms with Crippen molar-refractivity contribution in [2.45, 2.75) is 6.92 Å². The van der Waals surface area contributed by atoms with Crippen LogP contribution in [0.3, 0.4) is 0 Å². The Morgan fingerprint density at radius 3 is 2.55 bits per heavy atom. The number of alkyl halides is 1. The van der Waals surface area contributed by atoms with Gasteiger partial charge in [-0.1, -0.05) is 18.2 Å². The van der Waals surface area contributed by atoms with Crippen molar-refractivity contribution in [3.63, 3.8) is 0 Å². The van der Waals surface area contributed by atoms with Gasteiger partial charge in [0.2, 0.25) is 0 Å². The standard InChI is InChI=1S/C16H12ClNO2/c1-10(19)11-6-7-14-16(15(20)8-17)12-4-2-3-5-13(12)18(14)9-11/h2-7,9H,8H2,1H3. The van der Waals surface area contributed by atoms with Crippen LogP contribution in [-0.2, 0) is 0 Å². The van der Waals surface area contributed by atoms with Crippen LogP contribution in [0.15, 0.2) is 42.6 Å². The molecule has 2 aromatic heterocycles. The van der Waals surface area contributed by atoms with Crippen molar-refractivity contribution >= 4 is 39.6 Å². The lowest BCUT2D eigenvalue weighted by atomic mass is 10.1. The maximum atomic E-state index is 12.1. The van der Waals surface area contributed by atoms with Gasteiger partial charge in [-0.3, -0.25) is 9.59 Å². The summed E-state index contributed by atoms with van der Waals surface area (Å²) in [5.74, 6) is -0.172. The van der Waals surface area contributed by atoms with E-state index in [-0.39, 0.29) is 17.4 Å². The third kappa shape index (κ3) is 1.82. The van der Waals surface area contributed by atoms with Crippen LogP contribution in [0, 0.1) is 0 Å². The zero-order valence-corrected chi connectivity index (χ0v) is 11.6. The quantitative estimate of drug-likeness (QED) is 0.543. The Labute approximate surface area is 120 Å². The number of hydrogen-bond acceptors (Lipinski definition) is 2. The molecular formula is C16H12ClNO2. The molecule has 20 heavy (non-hydrogen) atoms. The molecule has 0 amide bonds. The first-order valence-corrected chi connectivity index (χ1v) is 6.80. The number of carbonyl (C=O) groups excluding carboxylic acids is 2. The molecule has 100 valence electrons. The monoisotopic (exact) mass is 285 g/mol. The Hall–Kier alpha value is -2.13. The Morgan fingerprint density at radius 2 is 1.85 bits per heavy atom.